The highest BCUT2D eigenvalue weighted by Crippen LogP contribution is 1.75. The van der Waals surface area contributed by atoms with Crippen LogP contribution < -0.4 is 16.7 Å². The Morgan fingerprint density at radius 3 is 2.92 bits per heavy atom. The Bertz CT molecular complexity index is 389. The average molecular weight is 168 g/mol. The zero-order valence-electron chi connectivity index (χ0n) is 6.42. The Hall–Kier alpha value is -1.85. The lowest BCUT2D eigenvalue weighted by Gasteiger charge is -1.89. The molecule has 0 aromatic carbocycles. The van der Waals surface area contributed by atoms with Crippen molar-refractivity contribution in [3.8, 4) is 0 Å². The molecule has 0 aliphatic heterocycles. The lowest BCUT2D eigenvalue weighted by Crippen LogP contribution is -2.24. The van der Waals surface area contributed by atoms with E-state index in [1.165, 1.54) is 12.4 Å². The summed E-state index contributed by atoms with van der Waals surface area (Å²) in [5.74, 6) is 0. The van der Waals surface area contributed by atoms with Crippen LogP contribution in [0.4, 0.5) is 0 Å². The van der Waals surface area contributed by atoms with Crippen molar-refractivity contribution < 1.29 is 0 Å². The van der Waals surface area contributed by atoms with Gasteiger partial charge < -0.3 is 10.4 Å². The number of aromatic amines is 2. The molecule has 1 heterocycles. The highest BCUT2D eigenvalue weighted by atomic mass is 16.2. The predicted molar refractivity (Wildman–Crippen MR) is 44.3 cm³/mol. The molecule has 0 spiro atoms. The van der Waals surface area contributed by atoms with E-state index in [-0.39, 0.29) is 0 Å². The van der Waals surface area contributed by atoms with Gasteiger partial charge in [-0.05, 0) is 0 Å². The molecule has 0 unspecified atom stereocenters. The zero-order valence-corrected chi connectivity index (χ0v) is 6.42. The number of nitrogens with one attached hydrogen (secondary N) is 3. The van der Waals surface area contributed by atoms with Gasteiger partial charge in [0.1, 0.15) is 0 Å². The maximum absolute atomic E-state index is 11.0. The average Bonchev–Trinajstić information content (AvgIpc) is 2.03. The number of aromatic nitrogens is 2. The minimum Gasteiger partial charge on any atom is -0.313 e. The van der Waals surface area contributed by atoms with Crippen molar-refractivity contribution in [3.05, 3.63) is 32.6 Å². The van der Waals surface area contributed by atoms with Crippen LogP contribution in [0.2, 0.25) is 0 Å². The monoisotopic (exact) mass is 168 g/mol. The Balaban J connectivity index is 3.11. The van der Waals surface area contributed by atoms with Crippen LogP contribution >= 0.6 is 0 Å². The second-order valence-electron chi connectivity index (χ2n) is 2.01. The van der Waals surface area contributed by atoms with E-state index in [9.17, 15) is 9.59 Å². The summed E-state index contributed by atoms with van der Waals surface area (Å²) in [7, 11) is 1.61. The first-order valence-electron chi connectivity index (χ1n) is 3.26. The van der Waals surface area contributed by atoms with Crippen molar-refractivity contribution in [3.63, 3.8) is 0 Å². The van der Waals surface area contributed by atoms with Gasteiger partial charge in [0.2, 0.25) is 0 Å². The van der Waals surface area contributed by atoms with E-state index in [2.05, 4.69) is 20.5 Å². The van der Waals surface area contributed by atoms with Gasteiger partial charge in [0.05, 0.1) is 11.8 Å². The molecule has 0 radical (unpaired) electrons. The summed E-state index contributed by atoms with van der Waals surface area (Å²) in [6, 6.07) is 0. The molecular weight excluding hydrogens is 160 g/mol. The van der Waals surface area contributed by atoms with Crippen molar-refractivity contribution in [2.24, 2.45) is 5.10 Å². The maximum atomic E-state index is 11.0. The lowest BCUT2D eigenvalue weighted by molar-refractivity contribution is 0.906. The topological polar surface area (TPSA) is 90.1 Å². The Morgan fingerprint density at radius 2 is 2.33 bits per heavy atom. The molecule has 1 rings (SSSR count). The van der Waals surface area contributed by atoms with Crippen molar-refractivity contribution in [1.82, 2.24) is 15.4 Å². The summed E-state index contributed by atoms with van der Waals surface area (Å²) in [6.45, 7) is 0. The molecule has 6 heteroatoms. The SMILES string of the molecule is CN/N=C/c1c[nH]c(=O)[nH]c1=O. The van der Waals surface area contributed by atoms with Crippen LogP contribution in [-0.4, -0.2) is 23.2 Å². The molecule has 0 fully saturated rings. The summed E-state index contributed by atoms with van der Waals surface area (Å²) in [5, 5.41) is 3.62. The highest BCUT2D eigenvalue weighted by molar-refractivity contribution is 5.78. The van der Waals surface area contributed by atoms with E-state index in [1.807, 2.05) is 0 Å². The molecular formula is C6H8N4O2. The highest BCUT2D eigenvalue weighted by Gasteiger charge is 1.94. The molecule has 12 heavy (non-hydrogen) atoms. The van der Waals surface area contributed by atoms with Gasteiger partial charge in [0.15, 0.2) is 0 Å². The number of hydrogen-bond donors (Lipinski definition) is 3. The molecule has 0 aliphatic carbocycles. The molecule has 0 atom stereocenters. The molecule has 64 valence electrons. The third-order valence-electron chi connectivity index (χ3n) is 1.18. The van der Waals surface area contributed by atoms with Gasteiger partial charge in [-0.3, -0.25) is 9.78 Å². The third-order valence-corrected chi connectivity index (χ3v) is 1.18. The fraction of sp³-hybridized carbons (Fsp3) is 0.167. The Morgan fingerprint density at radius 1 is 1.58 bits per heavy atom. The summed E-state index contributed by atoms with van der Waals surface area (Å²) >= 11 is 0. The maximum Gasteiger partial charge on any atom is 0.325 e. The first-order chi connectivity index (χ1) is 5.74. The van der Waals surface area contributed by atoms with E-state index in [1.54, 1.807) is 7.05 Å². The van der Waals surface area contributed by atoms with E-state index in [0.717, 1.165) is 0 Å². The first kappa shape index (κ1) is 8.25. The van der Waals surface area contributed by atoms with Crippen LogP contribution in [0, 0.1) is 0 Å². The van der Waals surface area contributed by atoms with E-state index >= 15 is 0 Å². The normalized spacial score (nSPS) is 10.4. The van der Waals surface area contributed by atoms with Crippen molar-refractivity contribution in [2.45, 2.75) is 0 Å². The van der Waals surface area contributed by atoms with Crippen molar-refractivity contribution in [1.29, 1.82) is 0 Å². The lowest BCUT2D eigenvalue weighted by atomic mass is 10.4. The van der Waals surface area contributed by atoms with Gasteiger partial charge in [-0.25, -0.2) is 4.79 Å². The molecule has 0 saturated carbocycles. The predicted octanol–water partition coefficient (Wildman–Crippen LogP) is -1.38. The van der Waals surface area contributed by atoms with Crippen LogP contribution in [0.3, 0.4) is 0 Å². The summed E-state index contributed by atoms with van der Waals surface area (Å²) < 4.78 is 0. The fourth-order valence-electron chi connectivity index (χ4n) is 0.650. The molecule has 6 nitrogen and oxygen atoms in total. The number of hydrazone groups is 1. The number of nitrogens with zero attached hydrogens (tertiary/aromatic N) is 1. The quantitative estimate of drug-likeness (QED) is 0.375. The third kappa shape index (κ3) is 1.82. The van der Waals surface area contributed by atoms with Gasteiger partial charge >= 0.3 is 5.69 Å². The number of rotatable bonds is 2. The molecule has 1 aromatic heterocycles. The smallest absolute Gasteiger partial charge is 0.313 e. The van der Waals surface area contributed by atoms with Gasteiger partial charge in [0.25, 0.3) is 5.56 Å². The molecule has 0 aliphatic rings. The van der Waals surface area contributed by atoms with Crippen LogP contribution in [0.25, 0.3) is 0 Å². The summed E-state index contributed by atoms with van der Waals surface area (Å²) in [5.41, 5.74) is 1.79. The summed E-state index contributed by atoms with van der Waals surface area (Å²) in [4.78, 5) is 25.9. The zero-order chi connectivity index (χ0) is 8.97. The fourth-order valence-corrected chi connectivity index (χ4v) is 0.650. The Kier molecular flexibility index (Phi) is 2.42. The molecule has 1 aromatic rings. The first-order valence-corrected chi connectivity index (χ1v) is 3.26. The van der Waals surface area contributed by atoms with E-state index in [0.29, 0.717) is 5.56 Å². The van der Waals surface area contributed by atoms with Crippen LogP contribution in [0.15, 0.2) is 20.9 Å². The van der Waals surface area contributed by atoms with Crippen LogP contribution in [0.1, 0.15) is 5.56 Å². The van der Waals surface area contributed by atoms with E-state index in [4.69, 9.17) is 0 Å². The molecule has 3 N–H and O–H groups in total. The Labute approximate surface area is 67.3 Å². The van der Waals surface area contributed by atoms with Crippen molar-refractivity contribution in [2.75, 3.05) is 7.05 Å². The van der Waals surface area contributed by atoms with E-state index < -0.39 is 11.2 Å². The standard InChI is InChI=1S/C6H8N4O2/c1-7-9-3-4-2-8-6(12)10-5(4)11/h2-3,7H,1H3,(H2,8,10,11,12)/b9-3+. The summed E-state index contributed by atoms with van der Waals surface area (Å²) in [6.07, 6.45) is 2.61. The van der Waals surface area contributed by atoms with Gasteiger partial charge in [-0.2, -0.15) is 5.10 Å². The second kappa shape index (κ2) is 3.51. The van der Waals surface area contributed by atoms with Gasteiger partial charge in [-0.1, -0.05) is 0 Å². The van der Waals surface area contributed by atoms with Crippen LogP contribution in [0.5, 0.6) is 0 Å². The molecule has 0 bridgehead atoms. The number of hydrogen-bond acceptors (Lipinski definition) is 4. The van der Waals surface area contributed by atoms with Crippen LogP contribution in [-0.2, 0) is 0 Å². The number of H-pyrrole nitrogens is 2. The molecule has 0 saturated heterocycles. The minimum atomic E-state index is -0.526. The van der Waals surface area contributed by atoms with Gasteiger partial charge in [0, 0.05) is 13.2 Å². The van der Waals surface area contributed by atoms with Gasteiger partial charge in [-0.15, -0.1) is 0 Å². The molecule has 0 amide bonds. The minimum absolute atomic E-state index is 0.295. The van der Waals surface area contributed by atoms with Crippen molar-refractivity contribution >= 4 is 6.21 Å². The second-order valence-corrected chi connectivity index (χ2v) is 2.01. The largest absolute Gasteiger partial charge is 0.325 e.